The van der Waals surface area contributed by atoms with E-state index in [1.54, 1.807) is 26.0 Å². The average molecular weight is 542 g/mol. The first kappa shape index (κ1) is 26.6. The highest BCUT2D eigenvalue weighted by molar-refractivity contribution is 6.23. The number of amides is 3. The predicted molar refractivity (Wildman–Crippen MR) is 133 cm³/mol. The van der Waals surface area contributed by atoms with Crippen molar-refractivity contribution < 1.29 is 32.3 Å². The van der Waals surface area contributed by atoms with Crippen molar-refractivity contribution >= 4 is 29.1 Å². The van der Waals surface area contributed by atoms with Gasteiger partial charge >= 0.3 is 6.18 Å². The van der Waals surface area contributed by atoms with Gasteiger partial charge in [-0.3, -0.25) is 19.3 Å². The van der Waals surface area contributed by atoms with Crippen LogP contribution < -0.4 is 16.0 Å². The van der Waals surface area contributed by atoms with E-state index in [2.05, 4.69) is 5.32 Å². The zero-order valence-corrected chi connectivity index (χ0v) is 21.2. The molecular formula is C27H26F3N5O4. The number of nitrogen functional groups attached to an aromatic ring is 1. The molecule has 39 heavy (non-hydrogen) atoms. The van der Waals surface area contributed by atoms with Crippen molar-refractivity contribution in [2.24, 2.45) is 11.8 Å². The molecule has 3 aliphatic heterocycles. The SMILES string of the molecule is CC12CN(CC(=O)NCc3ccc(N)cc3)CC(C)(O1)C1C(=O)N(c3ccc(C#N)c(C(F)(F)F)c3)C(=O)C12. The van der Waals surface area contributed by atoms with Gasteiger partial charge in [-0.1, -0.05) is 12.1 Å². The van der Waals surface area contributed by atoms with E-state index in [0.29, 0.717) is 18.3 Å². The molecule has 204 valence electrons. The molecular weight excluding hydrogens is 515 g/mol. The van der Waals surface area contributed by atoms with Gasteiger partial charge in [0.1, 0.15) is 0 Å². The molecule has 2 bridgehead atoms. The molecule has 2 aromatic carbocycles. The Bertz CT molecular complexity index is 1370. The van der Waals surface area contributed by atoms with Crippen LogP contribution in [0.2, 0.25) is 0 Å². The monoisotopic (exact) mass is 541 g/mol. The number of anilines is 2. The second-order valence-electron chi connectivity index (χ2n) is 10.7. The minimum absolute atomic E-state index is 0.0135. The van der Waals surface area contributed by atoms with Crippen molar-refractivity contribution in [3.8, 4) is 6.07 Å². The van der Waals surface area contributed by atoms with E-state index in [4.69, 9.17) is 15.7 Å². The van der Waals surface area contributed by atoms with Crippen molar-refractivity contribution in [1.29, 1.82) is 5.26 Å². The number of ether oxygens (including phenoxy) is 1. The first-order valence-corrected chi connectivity index (χ1v) is 12.3. The lowest BCUT2D eigenvalue weighted by Gasteiger charge is -2.44. The van der Waals surface area contributed by atoms with Crippen molar-refractivity contribution in [3.63, 3.8) is 0 Å². The summed E-state index contributed by atoms with van der Waals surface area (Å²) in [6.07, 6.45) is -4.84. The molecule has 0 radical (unpaired) electrons. The third-order valence-corrected chi connectivity index (χ3v) is 7.69. The lowest BCUT2D eigenvalue weighted by atomic mass is 9.79. The number of imide groups is 1. The second-order valence-corrected chi connectivity index (χ2v) is 10.7. The lowest BCUT2D eigenvalue weighted by Crippen LogP contribution is -2.59. The number of benzene rings is 2. The van der Waals surface area contributed by atoms with Gasteiger partial charge in [0.2, 0.25) is 17.7 Å². The van der Waals surface area contributed by atoms with E-state index < -0.39 is 52.2 Å². The van der Waals surface area contributed by atoms with Crippen LogP contribution in [0.3, 0.4) is 0 Å². The number of nitriles is 1. The Morgan fingerprint density at radius 2 is 1.69 bits per heavy atom. The van der Waals surface area contributed by atoms with E-state index in [1.807, 2.05) is 17.0 Å². The van der Waals surface area contributed by atoms with Gasteiger partial charge in [-0.05, 0) is 49.7 Å². The fraction of sp³-hybridized carbons (Fsp3) is 0.407. The summed E-state index contributed by atoms with van der Waals surface area (Å²) < 4.78 is 46.9. The standard InChI is InChI=1S/C27H26F3N5O4/c1-25-13-34(12-20(36)33-11-15-3-6-17(32)7-4-15)14-26(2,39-25)22-21(25)23(37)35(24(22)38)18-8-5-16(10-31)19(9-18)27(28,29)30/h3-9,21-22H,11-14,32H2,1-2H3,(H,33,36). The Kier molecular flexibility index (Phi) is 6.19. The fourth-order valence-electron chi connectivity index (χ4n) is 6.23. The minimum atomic E-state index is -4.84. The Labute approximate surface area is 222 Å². The van der Waals surface area contributed by atoms with Gasteiger partial charge in [0.25, 0.3) is 0 Å². The van der Waals surface area contributed by atoms with Gasteiger partial charge in [-0.2, -0.15) is 18.4 Å². The summed E-state index contributed by atoms with van der Waals surface area (Å²) in [5.74, 6) is -3.46. The molecule has 0 aliphatic carbocycles. The number of alkyl halides is 3. The summed E-state index contributed by atoms with van der Waals surface area (Å²) in [7, 11) is 0. The smallest absolute Gasteiger partial charge is 0.399 e. The Balaban J connectivity index is 1.35. The predicted octanol–water partition coefficient (Wildman–Crippen LogP) is 2.44. The largest absolute Gasteiger partial charge is 0.417 e. The number of nitrogens with two attached hydrogens (primary N) is 1. The summed E-state index contributed by atoms with van der Waals surface area (Å²) in [6, 6.07) is 11.4. The molecule has 3 heterocycles. The van der Waals surface area contributed by atoms with Gasteiger partial charge in [0.05, 0.1) is 52.5 Å². The Morgan fingerprint density at radius 3 is 2.23 bits per heavy atom. The second kappa shape index (κ2) is 9.07. The zero-order chi connectivity index (χ0) is 28.3. The first-order chi connectivity index (χ1) is 18.3. The molecule has 3 fully saturated rings. The molecule has 3 saturated heterocycles. The van der Waals surface area contributed by atoms with E-state index >= 15 is 0 Å². The van der Waals surface area contributed by atoms with Crippen molar-refractivity contribution in [3.05, 3.63) is 59.2 Å². The Hall–Kier alpha value is -3.95. The van der Waals surface area contributed by atoms with Gasteiger partial charge in [-0.15, -0.1) is 0 Å². The maximum absolute atomic E-state index is 13.6. The van der Waals surface area contributed by atoms with Crippen LogP contribution in [0.5, 0.6) is 0 Å². The van der Waals surface area contributed by atoms with Crippen LogP contribution in [0.25, 0.3) is 0 Å². The van der Waals surface area contributed by atoms with E-state index in [1.165, 1.54) is 12.1 Å². The number of fused-ring (bicyclic) bond motifs is 5. The van der Waals surface area contributed by atoms with E-state index in [0.717, 1.165) is 16.5 Å². The average Bonchev–Trinajstić information content (AvgIpc) is 3.22. The highest BCUT2D eigenvalue weighted by Gasteiger charge is 2.71. The summed E-state index contributed by atoms with van der Waals surface area (Å²) in [4.78, 5) is 42.5. The number of hydrogen-bond acceptors (Lipinski definition) is 7. The molecule has 5 rings (SSSR count). The van der Waals surface area contributed by atoms with Crippen LogP contribution >= 0.6 is 0 Å². The van der Waals surface area contributed by atoms with Crippen LogP contribution in [0.15, 0.2) is 42.5 Å². The summed E-state index contributed by atoms with van der Waals surface area (Å²) in [6.45, 7) is 4.03. The van der Waals surface area contributed by atoms with Crippen LogP contribution in [0.1, 0.15) is 30.5 Å². The van der Waals surface area contributed by atoms with Crippen LogP contribution in [-0.2, 0) is 31.8 Å². The maximum Gasteiger partial charge on any atom is 0.417 e. The molecule has 2 aromatic rings. The van der Waals surface area contributed by atoms with Gasteiger partial charge in [0.15, 0.2) is 0 Å². The quantitative estimate of drug-likeness (QED) is 0.440. The number of carbonyl (C=O) groups is 3. The molecule has 3 aliphatic rings. The summed E-state index contributed by atoms with van der Waals surface area (Å²) in [5.41, 5.74) is 2.83. The van der Waals surface area contributed by atoms with Gasteiger partial charge < -0.3 is 15.8 Å². The first-order valence-electron chi connectivity index (χ1n) is 12.3. The number of nitrogens with zero attached hydrogens (tertiary/aromatic N) is 3. The highest BCUT2D eigenvalue weighted by Crippen LogP contribution is 2.55. The zero-order valence-electron chi connectivity index (χ0n) is 21.2. The van der Waals surface area contributed by atoms with Crippen LogP contribution in [0, 0.1) is 23.2 Å². The minimum Gasteiger partial charge on any atom is -0.399 e. The molecule has 3 amide bonds. The van der Waals surface area contributed by atoms with Gasteiger partial charge in [0, 0.05) is 25.3 Å². The number of likely N-dealkylation sites (tertiary alicyclic amines) is 1. The lowest BCUT2D eigenvalue weighted by molar-refractivity contribution is -0.170. The van der Waals surface area contributed by atoms with Crippen molar-refractivity contribution in [1.82, 2.24) is 10.2 Å². The van der Waals surface area contributed by atoms with Crippen molar-refractivity contribution in [2.75, 3.05) is 30.3 Å². The normalized spacial score (nSPS) is 28.4. The molecule has 4 atom stereocenters. The number of carbonyl (C=O) groups excluding carboxylic acids is 3. The molecule has 0 aromatic heterocycles. The number of halogens is 3. The number of nitrogens with one attached hydrogen (secondary N) is 1. The molecule has 3 N–H and O–H groups in total. The van der Waals surface area contributed by atoms with Crippen molar-refractivity contribution in [2.45, 2.75) is 37.8 Å². The van der Waals surface area contributed by atoms with Crippen LogP contribution in [0.4, 0.5) is 24.5 Å². The Morgan fingerprint density at radius 1 is 1.10 bits per heavy atom. The third kappa shape index (κ3) is 4.51. The fourth-order valence-corrected chi connectivity index (χ4v) is 6.23. The number of hydrogen-bond donors (Lipinski definition) is 2. The molecule has 0 saturated carbocycles. The molecule has 4 unspecified atom stereocenters. The number of rotatable bonds is 5. The third-order valence-electron chi connectivity index (χ3n) is 7.69. The molecule has 0 spiro atoms. The highest BCUT2D eigenvalue weighted by atomic mass is 19.4. The van der Waals surface area contributed by atoms with E-state index in [-0.39, 0.29) is 31.2 Å². The molecule has 9 nitrogen and oxygen atoms in total. The summed E-state index contributed by atoms with van der Waals surface area (Å²) in [5, 5.41) is 11.9. The van der Waals surface area contributed by atoms with Gasteiger partial charge in [-0.25, -0.2) is 4.90 Å². The summed E-state index contributed by atoms with van der Waals surface area (Å²) >= 11 is 0. The maximum atomic E-state index is 13.6. The molecule has 12 heteroatoms. The number of morpholine rings is 1. The van der Waals surface area contributed by atoms with E-state index in [9.17, 15) is 27.6 Å². The van der Waals surface area contributed by atoms with Crippen LogP contribution in [-0.4, -0.2) is 53.5 Å². The topological polar surface area (TPSA) is 129 Å².